The number of amides is 1. The van der Waals surface area contributed by atoms with E-state index in [0.29, 0.717) is 0 Å². The maximum Gasteiger partial charge on any atom is 0.256 e. The summed E-state index contributed by atoms with van der Waals surface area (Å²) in [6, 6.07) is 7.73. The summed E-state index contributed by atoms with van der Waals surface area (Å²) in [5.74, 6) is -1.69. The summed E-state index contributed by atoms with van der Waals surface area (Å²) in [5, 5.41) is 11.5. The van der Waals surface area contributed by atoms with Gasteiger partial charge in [-0.1, -0.05) is 12.1 Å². The van der Waals surface area contributed by atoms with E-state index in [1.54, 1.807) is 6.07 Å². The quantitative estimate of drug-likeness (QED) is 0.752. The van der Waals surface area contributed by atoms with Crippen LogP contribution in [-0.4, -0.2) is 16.0 Å². The lowest BCUT2D eigenvalue weighted by Gasteiger charge is -2.05. The minimum Gasteiger partial charge on any atom is -0.494 e. The van der Waals surface area contributed by atoms with E-state index >= 15 is 0 Å². The van der Waals surface area contributed by atoms with E-state index in [4.69, 9.17) is 5.11 Å². The number of carbonyl (C=O) groups excluding carboxylic acids is 1. The standard InChI is InChI=1S/C12H9FN2O3/c13-8-3-1-2-4-9(8)14-12(18)7-5-10(16)15-11(17)6-7/h1-6H,(H,14,18)(H2,15,16,17). The number of hydrogen-bond acceptors (Lipinski definition) is 3. The van der Waals surface area contributed by atoms with Gasteiger partial charge in [0.15, 0.2) is 5.88 Å². The Morgan fingerprint density at radius 3 is 2.67 bits per heavy atom. The Morgan fingerprint density at radius 2 is 2.00 bits per heavy atom. The van der Waals surface area contributed by atoms with Gasteiger partial charge < -0.3 is 10.4 Å². The number of para-hydroxylation sites is 1. The number of halogens is 1. The summed E-state index contributed by atoms with van der Waals surface area (Å²) in [6.45, 7) is 0. The van der Waals surface area contributed by atoms with E-state index in [2.05, 4.69) is 10.3 Å². The van der Waals surface area contributed by atoms with E-state index in [1.165, 1.54) is 18.2 Å². The molecule has 0 saturated carbocycles. The van der Waals surface area contributed by atoms with Crippen molar-refractivity contribution in [3.05, 3.63) is 58.1 Å². The number of nitrogens with one attached hydrogen (secondary N) is 2. The molecule has 0 saturated heterocycles. The second-order valence-electron chi connectivity index (χ2n) is 3.55. The van der Waals surface area contributed by atoms with Gasteiger partial charge in [-0.15, -0.1) is 0 Å². The van der Waals surface area contributed by atoms with Crippen molar-refractivity contribution in [1.82, 2.24) is 4.98 Å². The number of H-pyrrole nitrogens is 1. The second kappa shape index (κ2) is 4.70. The molecule has 6 heteroatoms. The van der Waals surface area contributed by atoms with E-state index in [0.717, 1.165) is 12.1 Å². The molecule has 0 aliphatic heterocycles. The highest BCUT2D eigenvalue weighted by atomic mass is 19.1. The molecule has 0 bridgehead atoms. The Labute approximate surface area is 101 Å². The number of benzene rings is 1. The van der Waals surface area contributed by atoms with E-state index in [1.807, 2.05) is 0 Å². The van der Waals surface area contributed by atoms with Crippen molar-refractivity contribution in [2.75, 3.05) is 5.32 Å². The minimum atomic E-state index is -0.679. The van der Waals surface area contributed by atoms with Gasteiger partial charge in [-0.2, -0.15) is 0 Å². The van der Waals surface area contributed by atoms with Gasteiger partial charge in [-0.25, -0.2) is 4.39 Å². The third-order valence-corrected chi connectivity index (χ3v) is 2.21. The fourth-order valence-electron chi connectivity index (χ4n) is 1.42. The zero-order valence-corrected chi connectivity index (χ0v) is 9.11. The van der Waals surface area contributed by atoms with E-state index < -0.39 is 23.2 Å². The second-order valence-corrected chi connectivity index (χ2v) is 3.55. The normalized spacial score (nSPS) is 10.1. The molecule has 2 rings (SSSR count). The molecule has 3 N–H and O–H groups in total. The number of rotatable bonds is 2. The SMILES string of the molecule is O=C(Nc1ccccc1F)c1cc(O)[nH]c(=O)c1. The van der Waals surface area contributed by atoms with Crippen molar-refractivity contribution in [2.45, 2.75) is 0 Å². The summed E-state index contributed by atoms with van der Waals surface area (Å²) in [4.78, 5) is 24.9. The number of pyridine rings is 1. The van der Waals surface area contributed by atoms with Crippen LogP contribution in [0.1, 0.15) is 10.4 Å². The van der Waals surface area contributed by atoms with Gasteiger partial charge in [0.25, 0.3) is 11.5 Å². The number of hydrogen-bond donors (Lipinski definition) is 3. The summed E-state index contributed by atoms with van der Waals surface area (Å²) >= 11 is 0. The van der Waals surface area contributed by atoms with E-state index in [-0.39, 0.29) is 11.3 Å². The van der Waals surface area contributed by atoms with Gasteiger partial charge in [0.1, 0.15) is 5.82 Å². The first kappa shape index (κ1) is 11.8. The fraction of sp³-hybridized carbons (Fsp3) is 0. The van der Waals surface area contributed by atoms with Crippen LogP contribution in [-0.2, 0) is 0 Å². The van der Waals surface area contributed by atoms with Crippen LogP contribution in [0.2, 0.25) is 0 Å². The average molecular weight is 248 g/mol. The highest BCUT2D eigenvalue weighted by Gasteiger charge is 2.10. The third kappa shape index (κ3) is 2.54. The molecule has 5 nitrogen and oxygen atoms in total. The Morgan fingerprint density at radius 1 is 1.28 bits per heavy atom. The van der Waals surface area contributed by atoms with Crippen LogP contribution in [0.3, 0.4) is 0 Å². The molecule has 2 aromatic rings. The molecular weight excluding hydrogens is 239 g/mol. The van der Waals surface area contributed by atoms with Crippen LogP contribution < -0.4 is 10.9 Å². The minimum absolute atomic E-state index is 0.00210. The maximum atomic E-state index is 13.3. The Bertz CT molecular complexity index is 652. The molecule has 1 aromatic carbocycles. The monoisotopic (exact) mass is 248 g/mol. The van der Waals surface area contributed by atoms with Crippen LogP contribution >= 0.6 is 0 Å². The number of aromatic amines is 1. The fourth-order valence-corrected chi connectivity index (χ4v) is 1.42. The van der Waals surface area contributed by atoms with Crippen LogP contribution in [0.25, 0.3) is 0 Å². The molecule has 1 amide bonds. The van der Waals surface area contributed by atoms with Crippen LogP contribution in [0.15, 0.2) is 41.2 Å². The van der Waals surface area contributed by atoms with Crippen molar-refractivity contribution in [2.24, 2.45) is 0 Å². The predicted molar refractivity (Wildman–Crippen MR) is 63.1 cm³/mol. The summed E-state index contributed by atoms with van der Waals surface area (Å²) in [5.41, 5.74) is -0.671. The van der Waals surface area contributed by atoms with E-state index in [9.17, 15) is 14.0 Å². The lowest BCUT2D eigenvalue weighted by molar-refractivity contribution is 0.102. The zero-order chi connectivity index (χ0) is 13.1. The predicted octanol–water partition coefficient (Wildman–Crippen LogP) is 1.47. The van der Waals surface area contributed by atoms with Crippen LogP contribution in [0.5, 0.6) is 5.88 Å². The largest absolute Gasteiger partial charge is 0.494 e. The molecule has 1 aromatic heterocycles. The lowest BCUT2D eigenvalue weighted by atomic mass is 10.2. The van der Waals surface area contributed by atoms with Gasteiger partial charge in [-0.3, -0.25) is 14.6 Å². The van der Waals surface area contributed by atoms with Gasteiger partial charge >= 0.3 is 0 Å². The molecule has 0 atom stereocenters. The number of aromatic hydroxyl groups is 1. The molecule has 18 heavy (non-hydrogen) atoms. The number of aromatic nitrogens is 1. The Hall–Kier alpha value is -2.63. The summed E-state index contributed by atoms with van der Waals surface area (Å²) < 4.78 is 13.3. The average Bonchev–Trinajstić information content (AvgIpc) is 2.31. The van der Waals surface area contributed by atoms with Crippen molar-refractivity contribution < 1.29 is 14.3 Å². The lowest BCUT2D eigenvalue weighted by Crippen LogP contribution is -2.16. The first-order valence-corrected chi connectivity index (χ1v) is 5.05. The summed E-state index contributed by atoms with van der Waals surface area (Å²) in [6.07, 6.45) is 0. The smallest absolute Gasteiger partial charge is 0.256 e. The van der Waals surface area contributed by atoms with Crippen molar-refractivity contribution in [1.29, 1.82) is 0 Å². The third-order valence-electron chi connectivity index (χ3n) is 2.21. The maximum absolute atomic E-state index is 13.3. The highest BCUT2D eigenvalue weighted by molar-refractivity contribution is 6.04. The molecule has 92 valence electrons. The molecule has 0 fully saturated rings. The Kier molecular flexibility index (Phi) is 3.09. The van der Waals surface area contributed by atoms with Gasteiger partial charge in [0.2, 0.25) is 0 Å². The van der Waals surface area contributed by atoms with Crippen LogP contribution in [0, 0.1) is 5.82 Å². The Balaban J connectivity index is 2.28. The molecule has 1 heterocycles. The molecule has 0 aliphatic carbocycles. The number of carbonyl (C=O) groups is 1. The van der Waals surface area contributed by atoms with Gasteiger partial charge in [-0.05, 0) is 12.1 Å². The first-order chi connectivity index (χ1) is 8.56. The highest BCUT2D eigenvalue weighted by Crippen LogP contribution is 2.14. The first-order valence-electron chi connectivity index (χ1n) is 5.05. The number of anilines is 1. The van der Waals surface area contributed by atoms with Gasteiger partial charge in [0.05, 0.1) is 11.3 Å². The molecule has 0 aliphatic rings. The molecule has 0 spiro atoms. The molecule has 0 radical (unpaired) electrons. The van der Waals surface area contributed by atoms with Crippen molar-refractivity contribution >= 4 is 11.6 Å². The van der Waals surface area contributed by atoms with Crippen LogP contribution in [0.4, 0.5) is 10.1 Å². The zero-order valence-electron chi connectivity index (χ0n) is 9.11. The van der Waals surface area contributed by atoms with Crippen molar-refractivity contribution in [3.63, 3.8) is 0 Å². The van der Waals surface area contributed by atoms with Crippen molar-refractivity contribution in [3.8, 4) is 5.88 Å². The topological polar surface area (TPSA) is 82.2 Å². The molecular formula is C12H9FN2O3. The van der Waals surface area contributed by atoms with Gasteiger partial charge in [0, 0.05) is 12.1 Å². The summed E-state index contributed by atoms with van der Waals surface area (Å²) in [7, 11) is 0. The molecule has 0 unspecified atom stereocenters.